The molecule has 0 saturated heterocycles. The number of hydrogen-bond acceptors (Lipinski definition) is 7. The summed E-state index contributed by atoms with van der Waals surface area (Å²) >= 11 is 0. The highest BCUT2D eigenvalue weighted by Gasteiger charge is 2.29. The van der Waals surface area contributed by atoms with Crippen molar-refractivity contribution in [1.82, 2.24) is 16.0 Å². The second-order valence-corrected chi connectivity index (χ2v) is 6.64. The van der Waals surface area contributed by atoms with Gasteiger partial charge in [0.15, 0.2) is 5.96 Å². The lowest BCUT2D eigenvalue weighted by atomic mass is 10.0. The van der Waals surface area contributed by atoms with Gasteiger partial charge in [-0.1, -0.05) is 13.8 Å². The smallest absolute Gasteiger partial charge is 0.322 e. The summed E-state index contributed by atoms with van der Waals surface area (Å²) in [5.74, 6) is -3.85. The van der Waals surface area contributed by atoms with Gasteiger partial charge in [0, 0.05) is 6.54 Å². The Morgan fingerprint density at radius 3 is 2.14 bits per heavy atom. The molecule has 29 heavy (non-hydrogen) atoms. The van der Waals surface area contributed by atoms with Crippen LogP contribution in [-0.4, -0.2) is 77.7 Å². The summed E-state index contributed by atoms with van der Waals surface area (Å²) in [5, 5.41) is 24.7. The molecule has 13 nitrogen and oxygen atoms in total. The van der Waals surface area contributed by atoms with Crippen molar-refractivity contribution in [3.63, 3.8) is 0 Å². The van der Waals surface area contributed by atoms with Crippen LogP contribution in [0.25, 0.3) is 0 Å². The molecule has 0 radical (unpaired) electrons. The lowest BCUT2D eigenvalue weighted by Gasteiger charge is -2.25. The van der Waals surface area contributed by atoms with Crippen LogP contribution in [-0.2, 0) is 19.2 Å². The van der Waals surface area contributed by atoms with E-state index >= 15 is 0 Å². The number of aliphatic carboxylic acids is 1. The van der Waals surface area contributed by atoms with E-state index in [9.17, 15) is 24.3 Å². The number of aliphatic hydroxyl groups is 1. The second-order valence-electron chi connectivity index (χ2n) is 6.64. The van der Waals surface area contributed by atoms with Crippen molar-refractivity contribution in [2.45, 2.75) is 44.8 Å². The third-order valence-electron chi connectivity index (χ3n) is 3.78. The van der Waals surface area contributed by atoms with Crippen LogP contribution in [0.3, 0.4) is 0 Å². The third-order valence-corrected chi connectivity index (χ3v) is 3.78. The molecule has 0 rings (SSSR count). The van der Waals surface area contributed by atoms with E-state index in [0.717, 1.165) is 0 Å². The lowest BCUT2D eigenvalue weighted by Crippen LogP contribution is -2.58. The number of aliphatic imine (C=N–C) groups is 1. The number of carbonyl (C=O) groups excluding carboxylic acids is 3. The van der Waals surface area contributed by atoms with Gasteiger partial charge in [-0.2, -0.15) is 0 Å². The SMILES string of the molecule is CC(C)C(NC(=O)C(N)CCCN=C(N)N)C(=O)NC(CO)C(=O)NCC(=O)O. The number of nitrogens with two attached hydrogens (primary N) is 3. The Balaban J connectivity index is 4.82. The van der Waals surface area contributed by atoms with Crippen molar-refractivity contribution >= 4 is 29.7 Å². The fourth-order valence-electron chi connectivity index (χ4n) is 2.19. The molecule has 0 spiro atoms. The van der Waals surface area contributed by atoms with E-state index in [0.29, 0.717) is 13.0 Å². The number of carbonyl (C=O) groups is 4. The highest BCUT2D eigenvalue weighted by Crippen LogP contribution is 2.04. The van der Waals surface area contributed by atoms with Gasteiger partial charge in [0.25, 0.3) is 0 Å². The number of carboxylic acid groups (broad SMARTS) is 1. The average molecular weight is 417 g/mol. The molecule has 3 amide bonds. The first-order valence-electron chi connectivity index (χ1n) is 9.01. The van der Waals surface area contributed by atoms with Crippen molar-refractivity contribution in [1.29, 1.82) is 0 Å². The van der Waals surface area contributed by atoms with Crippen LogP contribution >= 0.6 is 0 Å². The van der Waals surface area contributed by atoms with E-state index in [1.807, 2.05) is 0 Å². The third kappa shape index (κ3) is 10.8. The van der Waals surface area contributed by atoms with Gasteiger partial charge in [-0.05, 0) is 18.8 Å². The van der Waals surface area contributed by atoms with E-state index in [1.54, 1.807) is 13.8 Å². The summed E-state index contributed by atoms with van der Waals surface area (Å²) in [7, 11) is 0. The fourth-order valence-corrected chi connectivity index (χ4v) is 2.19. The van der Waals surface area contributed by atoms with E-state index in [2.05, 4.69) is 20.9 Å². The van der Waals surface area contributed by atoms with Gasteiger partial charge in [0.05, 0.1) is 12.6 Å². The van der Waals surface area contributed by atoms with Crippen LogP contribution in [0.15, 0.2) is 4.99 Å². The number of nitrogens with zero attached hydrogens (tertiary/aromatic N) is 1. The normalized spacial score (nSPS) is 13.7. The molecule has 166 valence electrons. The molecule has 0 aromatic carbocycles. The largest absolute Gasteiger partial charge is 0.480 e. The number of rotatable bonds is 13. The summed E-state index contributed by atoms with van der Waals surface area (Å²) in [6.07, 6.45) is 0.743. The molecule has 0 aromatic heterocycles. The molecule has 0 aliphatic carbocycles. The van der Waals surface area contributed by atoms with Crippen LogP contribution in [0, 0.1) is 5.92 Å². The van der Waals surface area contributed by atoms with Gasteiger partial charge in [0.2, 0.25) is 17.7 Å². The van der Waals surface area contributed by atoms with Crippen LogP contribution in [0.4, 0.5) is 0 Å². The zero-order chi connectivity index (χ0) is 22.6. The minimum atomic E-state index is -1.37. The maximum absolute atomic E-state index is 12.5. The summed E-state index contributed by atoms with van der Waals surface area (Å²) in [5.41, 5.74) is 16.2. The van der Waals surface area contributed by atoms with Crippen LogP contribution < -0.4 is 33.2 Å². The van der Waals surface area contributed by atoms with Gasteiger partial charge < -0.3 is 43.4 Å². The molecular formula is C16H31N7O6. The molecule has 13 heteroatoms. The summed E-state index contributed by atoms with van der Waals surface area (Å²) in [4.78, 5) is 50.9. The molecule has 0 fully saturated rings. The maximum Gasteiger partial charge on any atom is 0.322 e. The lowest BCUT2D eigenvalue weighted by molar-refractivity contribution is -0.139. The molecular weight excluding hydrogens is 386 g/mol. The molecule has 0 aliphatic rings. The van der Waals surface area contributed by atoms with Crippen LogP contribution in [0.2, 0.25) is 0 Å². The fraction of sp³-hybridized carbons (Fsp3) is 0.688. The van der Waals surface area contributed by atoms with Crippen molar-refractivity contribution in [2.75, 3.05) is 19.7 Å². The highest BCUT2D eigenvalue weighted by molar-refractivity contribution is 5.93. The average Bonchev–Trinajstić information content (AvgIpc) is 2.64. The van der Waals surface area contributed by atoms with Gasteiger partial charge in [-0.3, -0.25) is 24.2 Å². The Morgan fingerprint density at radius 1 is 1.03 bits per heavy atom. The zero-order valence-electron chi connectivity index (χ0n) is 16.6. The maximum atomic E-state index is 12.5. The van der Waals surface area contributed by atoms with Crippen molar-refractivity contribution < 1.29 is 29.4 Å². The van der Waals surface area contributed by atoms with E-state index in [4.69, 9.17) is 22.3 Å². The Hall–Kier alpha value is -2.93. The predicted molar refractivity (Wildman–Crippen MR) is 104 cm³/mol. The standard InChI is InChI=1S/C16H31N7O6/c1-8(2)12(23-13(27)9(17)4-3-5-20-16(18)19)15(29)22-10(7-24)14(28)21-6-11(25)26/h8-10,12,24H,3-7,17H2,1-2H3,(H,21,28)(H,22,29)(H,23,27)(H,25,26)(H4,18,19,20). The molecule has 0 heterocycles. The number of nitrogens with one attached hydrogen (secondary N) is 3. The van der Waals surface area contributed by atoms with Crippen molar-refractivity contribution in [2.24, 2.45) is 28.1 Å². The van der Waals surface area contributed by atoms with E-state index in [1.165, 1.54) is 0 Å². The molecule has 0 aliphatic heterocycles. The van der Waals surface area contributed by atoms with Gasteiger partial charge in [0.1, 0.15) is 18.6 Å². The number of carboxylic acids is 1. The number of aliphatic hydroxyl groups excluding tert-OH is 1. The molecule has 11 N–H and O–H groups in total. The Bertz CT molecular complexity index is 607. The highest BCUT2D eigenvalue weighted by atomic mass is 16.4. The van der Waals surface area contributed by atoms with Crippen molar-refractivity contribution in [3.8, 4) is 0 Å². The second kappa shape index (κ2) is 13.3. The van der Waals surface area contributed by atoms with Crippen LogP contribution in [0.1, 0.15) is 26.7 Å². The monoisotopic (exact) mass is 417 g/mol. The predicted octanol–water partition coefficient (Wildman–Crippen LogP) is -3.81. The Morgan fingerprint density at radius 2 is 1.66 bits per heavy atom. The minimum Gasteiger partial charge on any atom is -0.480 e. The molecule has 0 bridgehead atoms. The van der Waals surface area contributed by atoms with Gasteiger partial charge >= 0.3 is 5.97 Å². The number of amides is 3. The molecule has 0 aromatic rings. The van der Waals surface area contributed by atoms with Gasteiger partial charge in [-0.25, -0.2) is 0 Å². The minimum absolute atomic E-state index is 0.0644. The topological polar surface area (TPSA) is 235 Å². The Labute approximate surface area is 168 Å². The molecule has 0 saturated carbocycles. The zero-order valence-corrected chi connectivity index (χ0v) is 16.6. The summed E-state index contributed by atoms with van der Waals surface area (Å²) in [6.45, 7) is 2.24. The first-order valence-corrected chi connectivity index (χ1v) is 9.01. The first kappa shape index (κ1) is 26.1. The van der Waals surface area contributed by atoms with E-state index < -0.39 is 55.0 Å². The van der Waals surface area contributed by atoms with Crippen LogP contribution in [0.5, 0.6) is 0 Å². The first-order chi connectivity index (χ1) is 13.5. The molecule has 3 atom stereocenters. The number of guanidine groups is 1. The molecule has 3 unspecified atom stereocenters. The summed E-state index contributed by atoms with van der Waals surface area (Å²) in [6, 6.07) is -3.29. The van der Waals surface area contributed by atoms with Gasteiger partial charge in [-0.15, -0.1) is 0 Å². The van der Waals surface area contributed by atoms with E-state index in [-0.39, 0.29) is 18.3 Å². The summed E-state index contributed by atoms with van der Waals surface area (Å²) < 4.78 is 0. The number of hydrogen-bond donors (Lipinski definition) is 8. The Kier molecular flexibility index (Phi) is 11.9. The van der Waals surface area contributed by atoms with Crippen molar-refractivity contribution in [3.05, 3.63) is 0 Å². The quantitative estimate of drug-likeness (QED) is 0.0831.